The Morgan fingerprint density at radius 1 is 0.743 bits per heavy atom. The van der Waals surface area contributed by atoms with E-state index < -0.39 is 11.6 Å². The zero-order valence-electron chi connectivity index (χ0n) is 20.7. The van der Waals surface area contributed by atoms with Gasteiger partial charge in [-0.3, -0.25) is 5.32 Å². The molecule has 0 amide bonds. The van der Waals surface area contributed by atoms with Crippen molar-refractivity contribution in [3.05, 3.63) is 142 Å². The molecule has 0 fully saturated rings. The van der Waals surface area contributed by atoms with Gasteiger partial charge in [0.05, 0.1) is 23.7 Å². The van der Waals surface area contributed by atoms with Crippen LogP contribution < -0.4 is 10.6 Å². The van der Waals surface area contributed by atoms with E-state index >= 15 is 0 Å². The molecule has 4 aromatic carbocycles. The summed E-state index contributed by atoms with van der Waals surface area (Å²) in [7, 11) is 2.02. The normalized spacial score (nSPS) is 18.3. The average Bonchev–Trinajstić information content (AvgIpc) is 3.20. The summed E-state index contributed by atoms with van der Waals surface area (Å²) in [6.07, 6.45) is 0.150. The standard InChI is InChI=1S/C32H34N2O/c1-22-13-17-26(18-14-22)32(27-19-15-23(2)16-20-27,31(33-3)24-9-5-4-6-10-24)34-30-28-12-8-7-11-25(28)21-29(30)35/h4-20,29-31,33-35H,21H2,1-3H3/t29-,30+,31+/m0/s1. The molecule has 3 heteroatoms. The number of fused-ring (bicyclic) bond motifs is 1. The molecule has 0 spiro atoms. The van der Waals surface area contributed by atoms with E-state index in [0.29, 0.717) is 6.42 Å². The topological polar surface area (TPSA) is 44.3 Å². The Morgan fingerprint density at radius 2 is 1.29 bits per heavy atom. The fourth-order valence-electron chi connectivity index (χ4n) is 5.65. The molecule has 3 atom stereocenters. The Hall–Kier alpha value is -3.24. The number of rotatable bonds is 7. The van der Waals surface area contributed by atoms with Crippen LogP contribution in [0.4, 0.5) is 0 Å². The van der Waals surface area contributed by atoms with E-state index in [0.717, 1.165) is 11.1 Å². The van der Waals surface area contributed by atoms with Gasteiger partial charge in [-0.05, 0) is 48.7 Å². The Morgan fingerprint density at radius 3 is 1.86 bits per heavy atom. The first-order valence-electron chi connectivity index (χ1n) is 12.4. The van der Waals surface area contributed by atoms with Crippen LogP contribution in [-0.2, 0) is 12.0 Å². The Labute approximate surface area is 208 Å². The smallest absolute Gasteiger partial charge is 0.0894 e. The molecule has 1 aliphatic rings. The zero-order valence-corrected chi connectivity index (χ0v) is 20.7. The lowest BCUT2D eigenvalue weighted by Crippen LogP contribution is -2.54. The number of aliphatic hydroxyl groups excluding tert-OH is 1. The van der Waals surface area contributed by atoms with Gasteiger partial charge in [-0.25, -0.2) is 0 Å². The van der Waals surface area contributed by atoms with Gasteiger partial charge in [0.25, 0.3) is 0 Å². The minimum absolute atomic E-state index is 0.0888. The summed E-state index contributed by atoms with van der Waals surface area (Å²) < 4.78 is 0. The first kappa shape index (κ1) is 23.5. The molecular weight excluding hydrogens is 428 g/mol. The summed E-state index contributed by atoms with van der Waals surface area (Å²) >= 11 is 0. The number of likely N-dealkylation sites (N-methyl/N-ethyl adjacent to an activating group) is 1. The van der Waals surface area contributed by atoms with Gasteiger partial charge in [-0.2, -0.15) is 0 Å². The van der Waals surface area contributed by atoms with E-state index in [4.69, 9.17) is 0 Å². The molecule has 3 N–H and O–H groups in total. The third-order valence-corrected chi connectivity index (χ3v) is 7.46. The molecule has 4 aromatic rings. The van der Waals surface area contributed by atoms with Gasteiger partial charge in [0.15, 0.2) is 0 Å². The van der Waals surface area contributed by atoms with Crippen LogP contribution in [0.3, 0.4) is 0 Å². The quantitative estimate of drug-likeness (QED) is 0.327. The summed E-state index contributed by atoms with van der Waals surface area (Å²) in [5.74, 6) is 0. The first-order valence-corrected chi connectivity index (χ1v) is 12.4. The highest BCUT2D eigenvalue weighted by Crippen LogP contribution is 2.45. The lowest BCUT2D eigenvalue weighted by Gasteiger charge is -2.45. The predicted molar refractivity (Wildman–Crippen MR) is 143 cm³/mol. The second-order valence-corrected chi connectivity index (χ2v) is 9.76. The zero-order chi connectivity index (χ0) is 24.4. The van der Waals surface area contributed by atoms with Gasteiger partial charge in [0.2, 0.25) is 0 Å². The first-order chi connectivity index (χ1) is 17.0. The van der Waals surface area contributed by atoms with Crippen LogP contribution in [0.15, 0.2) is 103 Å². The van der Waals surface area contributed by atoms with Gasteiger partial charge in [-0.1, -0.05) is 114 Å². The summed E-state index contributed by atoms with van der Waals surface area (Å²) in [6.45, 7) is 4.24. The molecule has 0 aromatic heterocycles. The van der Waals surface area contributed by atoms with E-state index in [1.54, 1.807) is 0 Å². The molecule has 178 valence electrons. The van der Waals surface area contributed by atoms with Crippen LogP contribution in [0.1, 0.15) is 51.0 Å². The number of hydrogen-bond donors (Lipinski definition) is 3. The molecule has 5 rings (SSSR count). The van der Waals surface area contributed by atoms with Crippen molar-refractivity contribution in [3.63, 3.8) is 0 Å². The number of hydrogen-bond acceptors (Lipinski definition) is 3. The lowest BCUT2D eigenvalue weighted by atomic mass is 9.73. The number of benzene rings is 4. The van der Waals surface area contributed by atoms with E-state index in [1.807, 2.05) is 7.05 Å². The van der Waals surface area contributed by atoms with Crippen molar-refractivity contribution in [1.82, 2.24) is 10.6 Å². The number of aryl methyl sites for hydroxylation is 2. The third kappa shape index (κ3) is 4.32. The Bertz CT molecular complexity index is 1220. The maximum absolute atomic E-state index is 11.3. The average molecular weight is 463 g/mol. The maximum atomic E-state index is 11.3. The van der Waals surface area contributed by atoms with Gasteiger partial charge in [0, 0.05) is 6.42 Å². The van der Waals surface area contributed by atoms with E-state index in [2.05, 4.69) is 128 Å². The summed E-state index contributed by atoms with van der Waals surface area (Å²) in [5, 5.41) is 19.0. The Kier molecular flexibility index (Phi) is 6.57. The molecule has 35 heavy (non-hydrogen) atoms. The maximum Gasteiger partial charge on any atom is 0.0894 e. The number of nitrogens with one attached hydrogen (secondary N) is 2. The summed E-state index contributed by atoms with van der Waals surface area (Å²) in [5.41, 5.74) is 7.69. The molecule has 0 bridgehead atoms. The predicted octanol–water partition coefficient (Wildman–Crippen LogP) is 5.76. The fourth-order valence-corrected chi connectivity index (χ4v) is 5.65. The second-order valence-electron chi connectivity index (χ2n) is 9.76. The molecule has 0 heterocycles. The van der Waals surface area contributed by atoms with Crippen LogP contribution in [-0.4, -0.2) is 18.3 Å². The highest BCUT2D eigenvalue weighted by molar-refractivity contribution is 5.47. The molecule has 1 aliphatic carbocycles. The van der Waals surface area contributed by atoms with Crippen molar-refractivity contribution < 1.29 is 5.11 Å². The van der Waals surface area contributed by atoms with Gasteiger partial charge in [-0.15, -0.1) is 0 Å². The van der Waals surface area contributed by atoms with Gasteiger partial charge < -0.3 is 10.4 Å². The van der Waals surface area contributed by atoms with E-state index in [9.17, 15) is 5.11 Å². The minimum Gasteiger partial charge on any atom is -0.391 e. The Balaban J connectivity index is 1.77. The number of aliphatic hydroxyl groups is 1. The highest BCUT2D eigenvalue weighted by Gasteiger charge is 2.46. The summed E-state index contributed by atoms with van der Waals surface area (Å²) in [6, 6.07) is 36.3. The van der Waals surface area contributed by atoms with E-state index in [-0.39, 0.29) is 12.1 Å². The van der Waals surface area contributed by atoms with Crippen LogP contribution in [0.5, 0.6) is 0 Å². The molecule has 0 saturated carbocycles. The van der Waals surface area contributed by atoms with Crippen LogP contribution in [0.25, 0.3) is 0 Å². The molecule has 0 saturated heterocycles. The van der Waals surface area contributed by atoms with E-state index in [1.165, 1.54) is 27.8 Å². The van der Waals surface area contributed by atoms with Crippen molar-refractivity contribution in [2.24, 2.45) is 0 Å². The van der Waals surface area contributed by atoms with Crippen LogP contribution >= 0.6 is 0 Å². The van der Waals surface area contributed by atoms with Crippen molar-refractivity contribution in [2.75, 3.05) is 7.05 Å². The van der Waals surface area contributed by atoms with Crippen molar-refractivity contribution in [2.45, 2.75) is 44.0 Å². The summed E-state index contributed by atoms with van der Waals surface area (Å²) in [4.78, 5) is 0. The van der Waals surface area contributed by atoms with Crippen molar-refractivity contribution in [1.29, 1.82) is 0 Å². The van der Waals surface area contributed by atoms with Crippen LogP contribution in [0, 0.1) is 13.8 Å². The molecule has 0 unspecified atom stereocenters. The molecule has 0 aliphatic heterocycles. The van der Waals surface area contributed by atoms with Gasteiger partial charge >= 0.3 is 0 Å². The monoisotopic (exact) mass is 462 g/mol. The van der Waals surface area contributed by atoms with Crippen molar-refractivity contribution >= 4 is 0 Å². The van der Waals surface area contributed by atoms with Crippen LogP contribution in [0.2, 0.25) is 0 Å². The largest absolute Gasteiger partial charge is 0.391 e. The van der Waals surface area contributed by atoms with Crippen molar-refractivity contribution in [3.8, 4) is 0 Å². The lowest BCUT2D eigenvalue weighted by molar-refractivity contribution is 0.115. The SMILES string of the molecule is CN[C@H](c1ccccc1)C(N[C@@H]1c2ccccc2C[C@@H]1O)(c1ccc(C)cc1)c1ccc(C)cc1. The minimum atomic E-state index is -0.638. The second kappa shape index (κ2) is 9.79. The molecular formula is C32H34N2O. The third-order valence-electron chi connectivity index (χ3n) is 7.46. The fraction of sp³-hybridized carbons (Fsp3) is 0.250. The molecule has 0 radical (unpaired) electrons. The van der Waals surface area contributed by atoms with Gasteiger partial charge in [0.1, 0.15) is 0 Å². The highest BCUT2D eigenvalue weighted by atomic mass is 16.3. The molecule has 3 nitrogen and oxygen atoms in total.